The molecule has 25 heavy (non-hydrogen) atoms. The summed E-state index contributed by atoms with van der Waals surface area (Å²) in [6, 6.07) is 6.37. The fourth-order valence-corrected chi connectivity index (χ4v) is 3.00. The third-order valence-electron chi connectivity index (χ3n) is 4.37. The van der Waals surface area contributed by atoms with Gasteiger partial charge in [-0.1, -0.05) is 18.2 Å². The molecule has 1 atom stereocenters. The van der Waals surface area contributed by atoms with Crippen molar-refractivity contribution >= 4 is 11.8 Å². The summed E-state index contributed by atoms with van der Waals surface area (Å²) in [5, 5.41) is 0. The second kappa shape index (κ2) is 8.40. The van der Waals surface area contributed by atoms with Gasteiger partial charge in [0.25, 0.3) is 0 Å². The van der Waals surface area contributed by atoms with Gasteiger partial charge in [-0.2, -0.15) is 0 Å². The van der Waals surface area contributed by atoms with Crippen molar-refractivity contribution in [1.82, 2.24) is 9.80 Å². The zero-order chi connectivity index (χ0) is 18.4. The molecule has 138 valence electrons. The molecule has 1 aliphatic rings. The van der Waals surface area contributed by atoms with Crippen LogP contribution in [0.15, 0.2) is 24.3 Å². The molecule has 7 heteroatoms. The lowest BCUT2D eigenvalue weighted by molar-refractivity contribution is -0.168. The molecular weight excluding hydrogens is 327 g/mol. The van der Waals surface area contributed by atoms with E-state index in [4.69, 9.17) is 9.47 Å². The molecule has 0 aliphatic carbocycles. The van der Waals surface area contributed by atoms with Gasteiger partial charge in [-0.05, 0) is 6.07 Å². The predicted molar refractivity (Wildman–Crippen MR) is 90.3 cm³/mol. The topological polar surface area (TPSA) is 59.1 Å². The normalized spacial score (nSPS) is 20.4. The van der Waals surface area contributed by atoms with Gasteiger partial charge >= 0.3 is 0 Å². The average molecular weight is 352 g/mol. The van der Waals surface area contributed by atoms with Crippen molar-refractivity contribution in [3.8, 4) is 0 Å². The summed E-state index contributed by atoms with van der Waals surface area (Å²) in [7, 11) is 3.16. The van der Waals surface area contributed by atoms with Gasteiger partial charge in [0.05, 0.1) is 26.2 Å². The first kappa shape index (κ1) is 19.3. The first-order chi connectivity index (χ1) is 11.9. The summed E-state index contributed by atoms with van der Waals surface area (Å²) in [5.74, 6) is -0.591. The van der Waals surface area contributed by atoms with Crippen LogP contribution >= 0.6 is 0 Å². The van der Waals surface area contributed by atoms with Crippen molar-refractivity contribution in [1.29, 1.82) is 0 Å². The van der Waals surface area contributed by atoms with Crippen LogP contribution in [-0.4, -0.2) is 67.7 Å². The molecule has 0 aromatic heterocycles. The number of morpholine rings is 1. The van der Waals surface area contributed by atoms with E-state index in [1.807, 2.05) is 0 Å². The van der Waals surface area contributed by atoms with E-state index >= 15 is 0 Å². The highest BCUT2D eigenvalue weighted by Gasteiger charge is 2.40. The Morgan fingerprint density at radius 1 is 1.40 bits per heavy atom. The Kier molecular flexibility index (Phi) is 6.50. The summed E-state index contributed by atoms with van der Waals surface area (Å²) in [6.45, 7) is 3.03. The molecule has 1 aliphatic heterocycles. The van der Waals surface area contributed by atoms with E-state index in [1.54, 1.807) is 30.1 Å². The Morgan fingerprint density at radius 2 is 2.12 bits per heavy atom. The molecule has 0 bridgehead atoms. The summed E-state index contributed by atoms with van der Waals surface area (Å²) in [5.41, 5.74) is -0.423. The fraction of sp³-hybridized carbons (Fsp3) is 0.556. The average Bonchev–Trinajstić information content (AvgIpc) is 2.57. The number of rotatable bonds is 6. The van der Waals surface area contributed by atoms with Gasteiger partial charge < -0.3 is 19.3 Å². The molecule has 0 spiro atoms. The summed E-state index contributed by atoms with van der Waals surface area (Å²) >= 11 is 0. The standard InChI is InChI=1S/C18H25FN2O4/c1-14(22)21-8-9-25-18(12-21,13-24-3)10-17(23)20(2)11-15-6-4-5-7-16(15)19/h4-7H,8-13H2,1-3H3/t18-/m0/s1. The zero-order valence-corrected chi connectivity index (χ0v) is 15.0. The number of halogens is 1. The molecule has 6 nitrogen and oxygen atoms in total. The van der Waals surface area contributed by atoms with E-state index in [9.17, 15) is 14.0 Å². The van der Waals surface area contributed by atoms with Crippen LogP contribution in [-0.2, 0) is 25.6 Å². The number of carbonyl (C=O) groups excluding carboxylic acids is 2. The van der Waals surface area contributed by atoms with Gasteiger partial charge in [-0.15, -0.1) is 0 Å². The molecule has 0 saturated carbocycles. The molecule has 1 heterocycles. The predicted octanol–water partition coefficient (Wildman–Crippen LogP) is 1.44. The van der Waals surface area contributed by atoms with Gasteiger partial charge in [-0.3, -0.25) is 9.59 Å². The highest BCUT2D eigenvalue weighted by Crippen LogP contribution is 2.24. The second-order valence-electron chi connectivity index (χ2n) is 6.42. The number of amides is 2. The third-order valence-corrected chi connectivity index (χ3v) is 4.37. The molecule has 0 N–H and O–H groups in total. The summed E-state index contributed by atoms with van der Waals surface area (Å²) in [4.78, 5) is 27.5. The lowest BCUT2D eigenvalue weighted by Gasteiger charge is -2.42. The van der Waals surface area contributed by atoms with E-state index in [0.717, 1.165) is 0 Å². The van der Waals surface area contributed by atoms with Gasteiger partial charge in [0.15, 0.2) is 0 Å². The SMILES string of the molecule is COC[C@]1(CC(=O)N(C)Cc2ccccc2F)CN(C(C)=O)CCO1. The quantitative estimate of drug-likeness (QED) is 0.777. The Bertz CT molecular complexity index is 621. The van der Waals surface area contributed by atoms with Crippen LogP contribution in [0.1, 0.15) is 18.9 Å². The number of hydrogen-bond donors (Lipinski definition) is 0. The minimum atomic E-state index is -0.876. The lowest BCUT2D eigenvalue weighted by atomic mass is 9.96. The van der Waals surface area contributed by atoms with E-state index in [2.05, 4.69) is 0 Å². The number of carbonyl (C=O) groups is 2. The first-order valence-electron chi connectivity index (χ1n) is 8.23. The smallest absolute Gasteiger partial charge is 0.225 e. The fourth-order valence-electron chi connectivity index (χ4n) is 3.00. The van der Waals surface area contributed by atoms with Gasteiger partial charge in [0, 0.05) is 39.7 Å². The van der Waals surface area contributed by atoms with Crippen LogP contribution < -0.4 is 0 Å². The Balaban J connectivity index is 2.06. The van der Waals surface area contributed by atoms with Crippen LogP contribution in [0, 0.1) is 5.82 Å². The van der Waals surface area contributed by atoms with Crippen LogP contribution in [0.2, 0.25) is 0 Å². The first-order valence-corrected chi connectivity index (χ1v) is 8.23. The Hall–Kier alpha value is -1.99. The van der Waals surface area contributed by atoms with Crippen molar-refractivity contribution < 1.29 is 23.5 Å². The van der Waals surface area contributed by atoms with Crippen molar-refractivity contribution in [2.45, 2.75) is 25.5 Å². The molecule has 1 fully saturated rings. The minimum Gasteiger partial charge on any atom is -0.382 e. The Labute approximate surface area is 147 Å². The summed E-state index contributed by atoms with van der Waals surface area (Å²) in [6.07, 6.45) is 0.0651. The number of hydrogen-bond acceptors (Lipinski definition) is 4. The number of methoxy groups -OCH3 is 1. The van der Waals surface area contributed by atoms with E-state index < -0.39 is 5.60 Å². The van der Waals surface area contributed by atoms with Crippen molar-refractivity contribution in [3.63, 3.8) is 0 Å². The maximum atomic E-state index is 13.8. The molecule has 2 amide bonds. The maximum Gasteiger partial charge on any atom is 0.225 e. The minimum absolute atomic E-state index is 0.0593. The molecular formula is C18H25FN2O4. The van der Waals surface area contributed by atoms with E-state index in [-0.39, 0.29) is 37.2 Å². The van der Waals surface area contributed by atoms with Crippen LogP contribution in [0.3, 0.4) is 0 Å². The van der Waals surface area contributed by atoms with Crippen LogP contribution in [0.4, 0.5) is 4.39 Å². The van der Waals surface area contributed by atoms with Crippen LogP contribution in [0.5, 0.6) is 0 Å². The second-order valence-corrected chi connectivity index (χ2v) is 6.42. The Morgan fingerprint density at radius 3 is 2.76 bits per heavy atom. The zero-order valence-electron chi connectivity index (χ0n) is 15.0. The molecule has 1 saturated heterocycles. The summed E-state index contributed by atoms with van der Waals surface area (Å²) < 4.78 is 24.9. The highest BCUT2D eigenvalue weighted by molar-refractivity contribution is 5.78. The molecule has 1 aromatic carbocycles. The number of nitrogens with zero attached hydrogens (tertiary/aromatic N) is 2. The maximum absolute atomic E-state index is 13.8. The molecule has 0 radical (unpaired) electrons. The molecule has 0 unspecified atom stereocenters. The third kappa shape index (κ3) is 4.99. The largest absolute Gasteiger partial charge is 0.382 e. The van der Waals surface area contributed by atoms with Gasteiger partial charge in [0.2, 0.25) is 11.8 Å². The van der Waals surface area contributed by atoms with Gasteiger partial charge in [-0.25, -0.2) is 4.39 Å². The van der Waals surface area contributed by atoms with Crippen molar-refractivity contribution in [2.24, 2.45) is 0 Å². The number of ether oxygens (including phenoxy) is 2. The van der Waals surface area contributed by atoms with Gasteiger partial charge in [0.1, 0.15) is 11.4 Å². The number of benzene rings is 1. The van der Waals surface area contributed by atoms with Crippen molar-refractivity contribution in [2.75, 3.05) is 40.5 Å². The highest BCUT2D eigenvalue weighted by atomic mass is 19.1. The van der Waals surface area contributed by atoms with Crippen LogP contribution in [0.25, 0.3) is 0 Å². The molecule has 2 rings (SSSR count). The lowest BCUT2D eigenvalue weighted by Crippen LogP contribution is -2.57. The van der Waals surface area contributed by atoms with E-state index in [1.165, 1.54) is 25.0 Å². The van der Waals surface area contributed by atoms with E-state index in [0.29, 0.717) is 25.3 Å². The monoisotopic (exact) mass is 352 g/mol. The molecule has 1 aromatic rings. The van der Waals surface area contributed by atoms with Crippen molar-refractivity contribution in [3.05, 3.63) is 35.6 Å².